The fourth-order valence-corrected chi connectivity index (χ4v) is 1.18. The summed E-state index contributed by atoms with van der Waals surface area (Å²) in [5.41, 5.74) is 1.44. The Balaban J connectivity index is 3.16. The average Bonchev–Trinajstić information content (AvgIpc) is 2.15. The summed E-state index contributed by atoms with van der Waals surface area (Å²) in [6.45, 7) is 1.76. The summed E-state index contributed by atoms with van der Waals surface area (Å²) in [5, 5.41) is 0. The van der Waals surface area contributed by atoms with E-state index in [1.807, 2.05) is 0 Å². The van der Waals surface area contributed by atoms with Crippen LogP contribution in [0.15, 0.2) is 28.7 Å². The molecule has 3 heteroatoms. The summed E-state index contributed by atoms with van der Waals surface area (Å²) >= 11 is 3.09. The Morgan fingerprint density at radius 1 is 1.54 bits per heavy atom. The molecule has 0 aromatic heterocycles. The van der Waals surface area contributed by atoms with E-state index >= 15 is 0 Å². The molecule has 0 fully saturated rings. The zero-order chi connectivity index (χ0) is 9.84. The molecule has 0 radical (unpaired) electrons. The molecule has 1 aromatic carbocycles. The van der Waals surface area contributed by atoms with Gasteiger partial charge in [-0.15, -0.1) is 0 Å². The Morgan fingerprint density at radius 2 is 2.23 bits per heavy atom. The number of carbonyl (C=O) groups is 1. The maximum Gasteiger partial charge on any atom is 0.157 e. The van der Waals surface area contributed by atoms with Crippen LogP contribution in [0.2, 0.25) is 0 Å². The van der Waals surface area contributed by atoms with Gasteiger partial charge in [0.2, 0.25) is 0 Å². The molecule has 1 rings (SSSR count). The minimum absolute atomic E-state index is 0.303. The SMILES string of the molecule is C/C(=C(/Br)C=O)c1cccc(F)c1. The van der Waals surface area contributed by atoms with Crippen LogP contribution in [-0.4, -0.2) is 6.29 Å². The predicted octanol–water partition coefficient (Wildman–Crippen LogP) is 3.15. The smallest absolute Gasteiger partial charge is 0.157 e. The second-order valence-electron chi connectivity index (χ2n) is 2.60. The van der Waals surface area contributed by atoms with Crippen molar-refractivity contribution in [2.45, 2.75) is 6.92 Å². The number of halogens is 2. The minimum atomic E-state index is -0.303. The second kappa shape index (κ2) is 4.33. The summed E-state index contributed by atoms with van der Waals surface area (Å²) in [4.78, 5) is 10.4. The van der Waals surface area contributed by atoms with E-state index in [1.54, 1.807) is 19.1 Å². The normalized spacial score (nSPS) is 12.2. The van der Waals surface area contributed by atoms with Crippen molar-refractivity contribution >= 4 is 27.8 Å². The van der Waals surface area contributed by atoms with Gasteiger partial charge in [0, 0.05) is 0 Å². The van der Waals surface area contributed by atoms with Crippen molar-refractivity contribution in [3.63, 3.8) is 0 Å². The van der Waals surface area contributed by atoms with E-state index in [2.05, 4.69) is 15.9 Å². The molecule has 13 heavy (non-hydrogen) atoms. The van der Waals surface area contributed by atoms with Crippen molar-refractivity contribution in [2.75, 3.05) is 0 Å². The van der Waals surface area contributed by atoms with Gasteiger partial charge in [-0.05, 0) is 46.1 Å². The van der Waals surface area contributed by atoms with Crippen LogP contribution in [0.3, 0.4) is 0 Å². The number of aldehydes is 1. The van der Waals surface area contributed by atoms with Gasteiger partial charge in [0.15, 0.2) is 6.29 Å². The highest BCUT2D eigenvalue weighted by Gasteiger charge is 2.01. The van der Waals surface area contributed by atoms with E-state index in [0.29, 0.717) is 16.3 Å². The van der Waals surface area contributed by atoms with Crippen molar-refractivity contribution in [1.29, 1.82) is 0 Å². The number of benzene rings is 1. The Labute approximate surface area is 84.4 Å². The quantitative estimate of drug-likeness (QED) is 0.576. The van der Waals surface area contributed by atoms with Crippen LogP contribution >= 0.6 is 15.9 Å². The maximum absolute atomic E-state index is 12.8. The predicted molar refractivity (Wildman–Crippen MR) is 54.0 cm³/mol. The fraction of sp³-hybridized carbons (Fsp3) is 0.100. The molecule has 68 valence electrons. The maximum atomic E-state index is 12.8. The van der Waals surface area contributed by atoms with Crippen molar-refractivity contribution < 1.29 is 9.18 Å². The summed E-state index contributed by atoms with van der Waals surface area (Å²) in [7, 11) is 0. The zero-order valence-electron chi connectivity index (χ0n) is 7.05. The van der Waals surface area contributed by atoms with Gasteiger partial charge in [0.1, 0.15) is 5.82 Å². The second-order valence-corrected chi connectivity index (χ2v) is 3.46. The zero-order valence-corrected chi connectivity index (χ0v) is 8.64. The van der Waals surface area contributed by atoms with Crippen molar-refractivity contribution in [3.05, 3.63) is 40.1 Å². The van der Waals surface area contributed by atoms with Gasteiger partial charge in [0.05, 0.1) is 4.48 Å². The van der Waals surface area contributed by atoms with Crippen molar-refractivity contribution in [3.8, 4) is 0 Å². The molecule has 0 saturated heterocycles. The van der Waals surface area contributed by atoms with Gasteiger partial charge >= 0.3 is 0 Å². The molecule has 0 atom stereocenters. The van der Waals surface area contributed by atoms with Gasteiger partial charge in [-0.3, -0.25) is 4.79 Å². The molecule has 1 nitrogen and oxygen atoms in total. The lowest BCUT2D eigenvalue weighted by molar-refractivity contribution is -0.104. The van der Waals surface area contributed by atoms with E-state index < -0.39 is 0 Å². The number of allylic oxidation sites excluding steroid dienone is 2. The highest BCUT2D eigenvalue weighted by molar-refractivity contribution is 9.12. The Hall–Kier alpha value is -0.960. The molecular formula is C10H8BrFO. The lowest BCUT2D eigenvalue weighted by Crippen LogP contribution is -1.85. The summed E-state index contributed by atoms with van der Waals surface area (Å²) in [5.74, 6) is -0.303. The molecule has 0 unspecified atom stereocenters. The van der Waals surface area contributed by atoms with Gasteiger partial charge in [-0.2, -0.15) is 0 Å². The third-order valence-electron chi connectivity index (χ3n) is 1.72. The van der Waals surface area contributed by atoms with Crippen LogP contribution in [0.1, 0.15) is 12.5 Å². The number of hydrogen-bond donors (Lipinski definition) is 0. The van der Waals surface area contributed by atoms with Gasteiger partial charge in [-0.1, -0.05) is 12.1 Å². The molecule has 0 heterocycles. The first-order valence-electron chi connectivity index (χ1n) is 3.72. The van der Waals surface area contributed by atoms with Crippen LogP contribution < -0.4 is 0 Å². The van der Waals surface area contributed by atoms with Gasteiger partial charge in [0.25, 0.3) is 0 Å². The fourth-order valence-electron chi connectivity index (χ4n) is 0.948. The van der Waals surface area contributed by atoms with Gasteiger partial charge in [-0.25, -0.2) is 4.39 Å². The highest BCUT2D eigenvalue weighted by Crippen LogP contribution is 2.21. The highest BCUT2D eigenvalue weighted by atomic mass is 79.9. The van der Waals surface area contributed by atoms with E-state index in [-0.39, 0.29) is 5.82 Å². The number of rotatable bonds is 2. The average molecular weight is 243 g/mol. The van der Waals surface area contributed by atoms with Crippen molar-refractivity contribution in [2.24, 2.45) is 0 Å². The molecule has 1 aromatic rings. The summed E-state index contributed by atoms with van der Waals surface area (Å²) in [6.07, 6.45) is 0.695. The third kappa shape index (κ3) is 2.49. The van der Waals surface area contributed by atoms with Crippen LogP contribution in [0, 0.1) is 5.82 Å². The lowest BCUT2D eigenvalue weighted by Gasteiger charge is -2.01. The largest absolute Gasteiger partial charge is 0.297 e. The molecular weight excluding hydrogens is 235 g/mol. The lowest BCUT2D eigenvalue weighted by atomic mass is 10.1. The first-order chi connectivity index (χ1) is 6.15. The number of carbonyl (C=O) groups excluding carboxylic acids is 1. The summed E-state index contributed by atoms with van der Waals surface area (Å²) < 4.78 is 13.2. The first-order valence-corrected chi connectivity index (χ1v) is 4.52. The van der Waals surface area contributed by atoms with Crippen molar-refractivity contribution in [1.82, 2.24) is 0 Å². The van der Waals surface area contributed by atoms with E-state index in [1.165, 1.54) is 12.1 Å². The molecule has 0 amide bonds. The molecule has 0 N–H and O–H groups in total. The number of hydrogen-bond acceptors (Lipinski definition) is 1. The van der Waals surface area contributed by atoms with E-state index in [9.17, 15) is 9.18 Å². The first kappa shape index (κ1) is 10.1. The van der Waals surface area contributed by atoms with Crippen LogP contribution in [0.4, 0.5) is 4.39 Å². The topological polar surface area (TPSA) is 17.1 Å². The standard InChI is InChI=1S/C10H8BrFO/c1-7(10(11)6-13)8-3-2-4-9(12)5-8/h2-6H,1H3/b10-7-. The van der Waals surface area contributed by atoms with E-state index in [0.717, 1.165) is 5.57 Å². The minimum Gasteiger partial charge on any atom is -0.297 e. The molecule has 0 aliphatic heterocycles. The van der Waals surface area contributed by atoms with Crippen LogP contribution in [0.5, 0.6) is 0 Å². The third-order valence-corrected chi connectivity index (χ3v) is 2.50. The van der Waals surface area contributed by atoms with Crippen LogP contribution in [0.25, 0.3) is 5.57 Å². The van der Waals surface area contributed by atoms with Crippen LogP contribution in [-0.2, 0) is 4.79 Å². The Kier molecular flexibility index (Phi) is 3.37. The monoisotopic (exact) mass is 242 g/mol. The van der Waals surface area contributed by atoms with Gasteiger partial charge < -0.3 is 0 Å². The Bertz CT molecular complexity index is 358. The molecule has 0 saturated carbocycles. The Morgan fingerprint density at radius 3 is 2.77 bits per heavy atom. The van der Waals surface area contributed by atoms with E-state index in [4.69, 9.17) is 0 Å². The molecule has 0 aliphatic rings. The molecule has 0 spiro atoms. The summed E-state index contributed by atoms with van der Waals surface area (Å²) in [6, 6.07) is 6.12. The molecule has 0 bridgehead atoms. The molecule has 0 aliphatic carbocycles.